The third kappa shape index (κ3) is 4.01. The third-order valence-corrected chi connectivity index (χ3v) is 7.24. The number of H-pyrrole nitrogens is 2. The van der Waals surface area contributed by atoms with Gasteiger partial charge in [-0.3, -0.25) is 4.79 Å². The Morgan fingerprint density at radius 2 is 1.55 bits per heavy atom. The van der Waals surface area contributed by atoms with Crippen molar-refractivity contribution >= 4 is 31.8 Å². The number of fused-ring (bicyclic) bond motifs is 2. The summed E-state index contributed by atoms with van der Waals surface area (Å²) in [4.78, 5) is 19.0. The van der Waals surface area contributed by atoms with Gasteiger partial charge in [0.05, 0.1) is 16.2 Å². The molecule has 0 radical (unpaired) electrons. The van der Waals surface area contributed by atoms with E-state index >= 15 is 0 Å². The Labute approximate surface area is 181 Å². The van der Waals surface area contributed by atoms with Gasteiger partial charge in [0, 0.05) is 42.6 Å². The van der Waals surface area contributed by atoms with Crippen molar-refractivity contribution in [2.45, 2.75) is 18.7 Å². The van der Waals surface area contributed by atoms with E-state index in [1.54, 1.807) is 18.2 Å². The first-order valence-corrected chi connectivity index (χ1v) is 11.9. The highest BCUT2D eigenvalue weighted by molar-refractivity contribution is 7.89. The Bertz CT molecular complexity index is 1380. The number of sulfonamides is 1. The Morgan fingerprint density at radius 3 is 2.32 bits per heavy atom. The Hall–Kier alpha value is -2.94. The van der Waals surface area contributed by atoms with E-state index in [1.165, 1.54) is 4.31 Å². The summed E-state index contributed by atoms with van der Waals surface area (Å²) in [5.41, 5.74) is 2.55. The maximum absolute atomic E-state index is 12.9. The summed E-state index contributed by atoms with van der Waals surface area (Å²) in [6.45, 7) is 6.23. The predicted molar refractivity (Wildman–Crippen MR) is 125 cm³/mol. The van der Waals surface area contributed by atoms with Crippen LogP contribution in [-0.4, -0.2) is 48.9 Å². The summed E-state index contributed by atoms with van der Waals surface area (Å²) in [5, 5.41) is 4.85. The molecule has 1 fully saturated rings. The second kappa shape index (κ2) is 8.66. The molecule has 0 unspecified atom stereocenters. The van der Waals surface area contributed by atoms with Crippen LogP contribution in [0.1, 0.15) is 13.8 Å². The van der Waals surface area contributed by atoms with Crippen LogP contribution >= 0.6 is 0 Å². The van der Waals surface area contributed by atoms with Crippen molar-refractivity contribution in [3.63, 3.8) is 0 Å². The van der Waals surface area contributed by atoms with Gasteiger partial charge in [0.15, 0.2) is 0 Å². The molecule has 0 bridgehead atoms. The van der Waals surface area contributed by atoms with Gasteiger partial charge < -0.3 is 15.3 Å². The smallest absolute Gasteiger partial charge is 0.257 e. The predicted octanol–water partition coefficient (Wildman–Crippen LogP) is 3.30. The number of hydrogen-bond donors (Lipinski definition) is 3. The number of pyridine rings is 1. The van der Waals surface area contributed by atoms with Gasteiger partial charge in [0.25, 0.3) is 5.56 Å². The fourth-order valence-corrected chi connectivity index (χ4v) is 5.27. The highest BCUT2D eigenvalue weighted by Gasteiger charge is 2.26. The minimum Gasteiger partial charge on any atom is -0.354 e. The quantitative estimate of drug-likeness (QED) is 0.457. The van der Waals surface area contributed by atoms with Crippen LogP contribution < -0.4 is 10.9 Å². The minimum absolute atomic E-state index is 0.191. The first-order chi connectivity index (χ1) is 15.0. The number of nitrogens with one attached hydrogen (secondary N) is 3. The molecule has 0 atom stereocenters. The zero-order chi connectivity index (χ0) is 22.0. The van der Waals surface area contributed by atoms with E-state index in [0.29, 0.717) is 37.4 Å². The third-order valence-electron chi connectivity index (χ3n) is 5.35. The average molecular weight is 439 g/mol. The normalized spacial score (nSPS) is 15.0. The van der Waals surface area contributed by atoms with Crippen molar-refractivity contribution in [2.24, 2.45) is 0 Å². The largest absolute Gasteiger partial charge is 0.354 e. The van der Waals surface area contributed by atoms with E-state index in [9.17, 15) is 13.2 Å². The van der Waals surface area contributed by atoms with E-state index in [2.05, 4.69) is 15.3 Å². The summed E-state index contributed by atoms with van der Waals surface area (Å²) in [7, 11) is -3.53. The summed E-state index contributed by atoms with van der Waals surface area (Å²) in [6.07, 6.45) is 0. The molecule has 1 aliphatic rings. The lowest BCUT2D eigenvalue weighted by molar-refractivity contribution is 0.360. The molecule has 0 aliphatic carbocycles. The van der Waals surface area contributed by atoms with E-state index in [4.69, 9.17) is 0 Å². The highest BCUT2D eigenvalue weighted by Crippen LogP contribution is 2.27. The first-order valence-electron chi connectivity index (χ1n) is 10.5. The standard InChI is InChI=1S/C21H20N4O3S.C2H6/c26-21-17(12-14-3-1-2-4-18(14)24-21)20-13-15-11-16(5-6-19(15)23-20)29(27,28)25-9-7-22-8-10-25;1-2/h1-6,11-13,22-23H,7-10H2,(H,24,26);1-2H3. The molecule has 3 heterocycles. The molecule has 162 valence electrons. The zero-order valence-electron chi connectivity index (χ0n) is 17.6. The first kappa shape index (κ1) is 21.3. The van der Waals surface area contributed by atoms with Crippen LogP contribution in [0.25, 0.3) is 33.1 Å². The molecule has 2 aromatic carbocycles. The van der Waals surface area contributed by atoms with Crippen molar-refractivity contribution < 1.29 is 8.42 Å². The van der Waals surface area contributed by atoms with E-state index in [1.807, 2.05) is 50.2 Å². The molecule has 0 spiro atoms. The van der Waals surface area contributed by atoms with Crippen LogP contribution in [0.2, 0.25) is 0 Å². The molecule has 5 rings (SSSR count). The van der Waals surface area contributed by atoms with Crippen LogP contribution in [0.5, 0.6) is 0 Å². The zero-order valence-corrected chi connectivity index (χ0v) is 18.4. The second-order valence-corrected chi connectivity index (χ2v) is 9.12. The molecule has 0 saturated carbocycles. The number of piperazine rings is 1. The molecule has 7 nitrogen and oxygen atoms in total. The SMILES string of the molecule is CC.O=c1[nH]c2ccccc2cc1-c1cc2cc(S(=O)(=O)N3CCNCC3)ccc2[nH]1. The number of rotatable bonds is 3. The number of benzene rings is 2. The van der Waals surface area contributed by atoms with Crippen LogP contribution in [0.15, 0.2) is 64.3 Å². The summed E-state index contributed by atoms with van der Waals surface area (Å²) in [6, 6.07) is 16.3. The molecule has 2 aromatic heterocycles. The molecular formula is C23H26N4O3S. The Balaban J connectivity index is 0.00000112. The minimum atomic E-state index is -3.53. The molecule has 1 saturated heterocycles. The lowest BCUT2D eigenvalue weighted by atomic mass is 10.1. The second-order valence-electron chi connectivity index (χ2n) is 7.19. The lowest BCUT2D eigenvalue weighted by Gasteiger charge is -2.26. The van der Waals surface area contributed by atoms with Gasteiger partial charge >= 0.3 is 0 Å². The van der Waals surface area contributed by atoms with Crippen LogP contribution in [0, 0.1) is 0 Å². The molecule has 31 heavy (non-hydrogen) atoms. The van der Waals surface area contributed by atoms with Crippen LogP contribution in [0.3, 0.4) is 0 Å². The molecule has 3 N–H and O–H groups in total. The number of aromatic nitrogens is 2. The monoisotopic (exact) mass is 438 g/mol. The molecule has 4 aromatic rings. The Morgan fingerprint density at radius 1 is 0.839 bits per heavy atom. The number of para-hydroxylation sites is 1. The summed E-state index contributed by atoms with van der Waals surface area (Å²) >= 11 is 0. The average Bonchev–Trinajstić information content (AvgIpc) is 3.23. The van der Waals surface area contributed by atoms with Crippen molar-refractivity contribution in [3.05, 3.63) is 65.0 Å². The van der Waals surface area contributed by atoms with Gasteiger partial charge in [0.2, 0.25) is 10.0 Å². The van der Waals surface area contributed by atoms with Gasteiger partial charge in [0.1, 0.15) is 0 Å². The number of hydrogen-bond acceptors (Lipinski definition) is 4. The summed E-state index contributed by atoms with van der Waals surface area (Å²) < 4.78 is 27.4. The van der Waals surface area contributed by atoms with E-state index < -0.39 is 10.0 Å². The van der Waals surface area contributed by atoms with Crippen molar-refractivity contribution in [2.75, 3.05) is 26.2 Å². The molecule has 8 heteroatoms. The van der Waals surface area contributed by atoms with Gasteiger partial charge in [-0.2, -0.15) is 4.31 Å². The van der Waals surface area contributed by atoms with Gasteiger partial charge in [-0.05, 0) is 41.8 Å². The number of aromatic amines is 2. The lowest BCUT2D eigenvalue weighted by Crippen LogP contribution is -2.46. The molecule has 1 aliphatic heterocycles. The maximum atomic E-state index is 12.9. The van der Waals surface area contributed by atoms with E-state index in [0.717, 1.165) is 21.8 Å². The van der Waals surface area contributed by atoms with Crippen molar-refractivity contribution in [1.29, 1.82) is 0 Å². The van der Waals surface area contributed by atoms with Gasteiger partial charge in [-0.25, -0.2) is 8.42 Å². The van der Waals surface area contributed by atoms with Gasteiger partial charge in [-0.1, -0.05) is 32.0 Å². The van der Waals surface area contributed by atoms with Crippen LogP contribution in [-0.2, 0) is 10.0 Å². The van der Waals surface area contributed by atoms with Gasteiger partial charge in [-0.15, -0.1) is 0 Å². The highest BCUT2D eigenvalue weighted by atomic mass is 32.2. The van der Waals surface area contributed by atoms with Crippen molar-refractivity contribution in [1.82, 2.24) is 19.6 Å². The maximum Gasteiger partial charge on any atom is 0.257 e. The summed E-state index contributed by atoms with van der Waals surface area (Å²) in [5.74, 6) is 0. The topological polar surface area (TPSA) is 98.1 Å². The number of nitrogens with zero attached hydrogens (tertiary/aromatic N) is 1. The molecule has 0 amide bonds. The van der Waals surface area contributed by atoms with E-state index in [-0.39, 0.29) is 10.5 Å². The Kier molecular flexibility index (Phi) is 5.95. The van der Waals surface area contributed by atoms with Crippen LogP contribution in [0.4, 0.5) is 0 Å². The fourth-order valence-electron chi connectivity index (χ4n) is 3.80. The molecular weight excluding hydrogens is 412 g/mol. The fraction of sp³-hybridized carbons (Fsp3) is 0.261. The van der Waals surface area contributed by atoms with Crippen molar-refractivity contribution in [3.8, 4) is 11.3 Å².